The number of hydrogen-bond acceptors (Lipinski definition) is 4. The highest BCUT2D eigenvalue weighted by atomic mass is 35.5. The number of anilines is 1. The lowest BCUT2D eigenvalue weighted by Gasteiger charge is -2.39. The number of para-hydroxylation sites is 2. The van der Waals surface area contributed by atoms with E-state index in [9.17, 15) is 19.7 Å². The Morgan fingerprint density at radius 3 is 2.40 bits per heavy atom. The van der Waals surface area contributed by atoms with Gasteiger partial charge in [0.15, 0.2) is 0 Å². The van der Waals surface area contributed by atoms with Gasteiger partial charge in [0.05, 0.1) is 22.0 Å². The van der Waals surface area contributed by atoms with Crippen molar-refractivity contribution in [3.63, 3.8) is 0 Å². The molecule has 2 amide bonds. The zero-order valence-corrected chi connectivity index (χ0v) is 23.2. The van der Waals surface area contributed by atoms with Gasteiger partial charge in [0.1, 0.15) is 17.6 Å². The topological polar surface area (TPSA) is 88.7 Å². The number of halogens is 2. The lowest BCUT2D eigenvalue weighted by Crippen LogP contribution is -2.47. The molecule has 0 N–H and O–H groups in total. The molecule has 0 spiro atoms. The van der Waals surface area contributed by atoms with Crippen LogP contribution in [0.5, 0.6) is 0 Å². The van der Waals surface area contributed by atoms with Crippen LogP contribution in [0.25, 0.3) is 5.69 Å². The van der Waals surface area contributed by atoms with Gasteiger partial charge in [-0.3, -0.25) is 24.6 Å². The van der Waals surface area contributed by atoms with Crippen LogP contribution < -0.4 is 4.90 Å². The summed E-state index contributed by atoms with van der Waals surface area (Å²) in [6.45, 7) is 2.09. The molecule has 0 bridgehead atoms. The second kappa shape index (κ2) is 11.5. The molecule has 5 rings (SSSR count). The van der Waals surface area contributed by atoms with Crippen molar-refractivity contribution in [2.45, 2.75) is 25.8 Å². The maximum absolute atomic E-state index is 14.2. The Morgan fingerprint density at radius 2 is 1.70 bits per heavy atom. The van der Waals surface area contributed by atoms with Gasteiger partial charge >= 0.3 is 0 Å². The minimum Gasteiger partial charge on any atom is -0.329 e. The molecule has 0 aliphatic carbocycles. The standard InChI is InChI=1S/C30H26Cl2N4O4/c1-2-3-16-33(30(38)21-12-15-23(32)27(18-21)36(39)40)19-28(37)35-25-8-5-4-7-24(25)34-17-6-9-26(34)29(35)20-10-13-22(31)14-11-20/h4-15,17-18,29H,2-3,16,19H2,1H3. The number of nitrogens with zero attached hydrogens (tertiary/aromatic N) is 4. The van der Waals surface area contributed by atoms with E-state index in [0.29, 0.717) is 23.7 Å². The summed E-state index contributed by atoms with van der Waals surface area (Å²) >= 11 is 12.2. The van der Waals surface area contributed by atoms with E-state index < -0.39 is 16.9 Å². The first kappa shape index (κ1) is 27.4. The minimum absolute atomic E-state index is 0.0588. The number of amides is 2. The first-order valence-corrected chi connectivity index (χ1v) is 13.6. The van der Waals surface area contributed by atoms with Crippen molar-refractivity contribution in [3.05, 3.63) is 122 Å². The normalized spacial score (nSPS) is 13.9. The summed E-state index contributed by atoms with van der Waals surface area (Å²) < 4.78 is 2.06. The Balaban J connectivity index is 1.55. The third-order valence-electron chi connectivity index (χ3n) is 6.96. The van der Waals surface area contributed by atoms with Gasteiger partial charge in [-0.1, -0.05) is 60.8 Å². The van der Waals surface area contributed by atoms with E-state index in [1.165, 1.54) is 17.0 Å². The quantitative estimate of drug-likeness (QED) is 0.166. The van der Waals surface area contributed by atoms with Crippen LogP contribution in [0.3, 0.4) is 0 Å². The molecule has 10 heteroatoms. The SMILES string of the molecule is CCCCN(CC(=O)N1c2ccccc2-n2cccc2C1c1ccc(Cl)cc1)C(=O)c1ccc(Cl)c([N+](=O)[O-])c1. The van der Waals surface area contributed by atoms with Gasteiger partial charge in [0.2, 0.25) is 5.91 Å². The van der Waals surface area contributed by atoms with Gasteiger partial charge in [0.25, 0.3) is 11.6 Å². The van der Waals surface area contributed by atoms with Crippen LogP contribution in [-0.4, -0.2) is 39.3 Å². The highest BCUT2D eigenvalue weighted by Gasteiger charge is 2.37. The molecule has 204 valence electrons. The van der Waals surface area contributed by atoms with E-state index in [1.54, 1.807) is 17.0 Å². The maximum Gasteiger partial charge on any atom is 0.288 e. The predicted molar refractivity (Wildman–Crippen MR) is 155 cm³/mol. The average Bonchev–Trinajstić information content (AvgIpc) is 3.45. The smallest absolute Gasteiger partial charge is 0.288 e. The summed E-state index contributed by atoms with van der Waals surface area (Å²) in [5.74, 6) is -0.758. The lowest BCUT2D eigenvalue weighted by atomic mass is 9.97. The molecule has 0 saturated heterocycles. The van der Waals surface area contributed by atoms with Crippen molar-refractivity contribution in [2.24, 2.45) is 0 Å². The molecule has 0 fully saturated rings. The van der Waals surface area contributed by atoms with Crippen LogP contribution in [0.1, 0.15) is 47.4 Å². The Morgan fingerprint density at radius 1 is 0.975 bits per heavy atom. The molecule has 1 aromatic heterocycles. The summed E-state index contributed by atoms with van der Waals surface area (Å²) in [6.07, 6.45) is 3.42. The van der Waals surface area contributed by atoms with Crippen LogP contribution in [0.2, 0.25) is 10.0 Å². The van der Waals surface area contributed by atoms with E-state index >= 15 is 0 Å². The summed E-state index contributed by atoms with van der Waals surface area (Å²) in [5.41, 5.74) is 3.06. The van der Waals surface area contributed by atoms with Crippen molar-refractivity contribution in [1.82, 2.24) is 9.47 Å². The van der Waals surface area contributed by atoms with Gasteiger partial charge in [-0.15, -0.1) is 0 Å². The van der Waals surface area contributed by atoms with Crippen LogP contribution >= 0.6 is 23.2 Å². The number of hydrogen-bond donors (Lipinski definition) is 0. The zero-order valence-electron chi connectivity index (χ0n) is 21.7. The molecule has 8 nitrogen and oxygen atoms in total. The molecule has 1 aliphatic rings. The second-order valence-electron chi connectivity index (χ2n) is 9.51. The monoisotopic (exact) mass is 576 g/mol. The molecule has 40 heavy (non-hydrogen) atoms. The number of nitro benzene ring substituents is 1. The number of fused-ring (bicyclic) bond motifs is 3. The van der Waals surface area contributed by atoms with E-state index in [2.05, 4.69) is 4.57 Å². The van der Waals surface area contributed by atoms with Crippen LogP contribution in [0.4, 0.5) is 11.4 Å². The summed E-state index contributed by atoms with van der Waals surface area (Å²) in [7, 11) is 0. The number of carbonyl (C=O) groups is 2. The highest BCUT2D eigenvalue weighted by molar-refractivity contribution is 6.32. The Labute approximate surface area is 241 Å². The molecular weight excluding hydrogens is 551 g/mol. The van der Waals surface area contributed by atoms with E-state index in [1.807, 2.05) is 61.7 Å². The first-order valence-electron chi connectivity index (χ1n) is 12.9. The van der Waals surface area contributed by atoms with Crippen LogP contribution in [0, 0.1) is 10.1 Å². The summed E-state index contributed by atoms with van der Waals surface area (Å²) in [4.78, 5) is 41.9. The number of nitro groups is 1. The molecular formula is C30H26Cl2N4O4. The molecule has 1 atom stereocenters. The molecule has 3 aromatic carbocycles. The predicted octanol–water partition coefficient (Wildman–Crippen LogP) is 7.07. The lowest BCUT2D eigenvalue weighted by molar-refractivity contribution is -0.384. The summed E-state index contributed by atoms with van der Waals surface area (Å²) in [5, 5.41) is 12.0. The van der Waals surface area contributed by atoms with E-state index in [4.69, 9.17) is 23.2 Å². The van der Waals surface area contributed by atoms with Gasteiger partial charge < -0.3 is 9.47 Å². The van der Waals surface area contributed by atoms with Gasteiger partial charge in [-0.25, -0.2) is 0 Å². The third-order valence-corrected chi connectivity index (χ3v) is 7.53. The van der Waals surface area contributed by atoms with Crippen molar-refractivity contribution >= 4 is 46.4 Å². The van der Waals surface area contributed by atoms with Gasteiger partial charge in [0, 0.05) is 29.4 Å². The fraction of sp³-hybridized carbons (Fsp3) is 0.200. The third kappa shape index (κ3) is 5.20. The fourth-order valence-corrected chi connectivity index (χ4v) is 5.34. The second-order valence-corrected chi connectivity index (χ2v) is 10.4. The van der Waals surface area contributed by atoms with Crippen molar-refractivity contribution in [2.75, 3.05) is 18.0 Å². The molecule has 2 heterocycles. The van der Waals surface area contributed by atoms with E-state index in [0.717, 1.165) is 29.4 Å². The Bertz CT molecular complexity index is 1580. The molecule has 4 aromatic rings. The minimum atomic E-state index is -0.628. The maximum atomic E-state index is 14.2. The Hall–Kier alpha value is -4.14. The van der Waals surface area contributed by atoms with E-state index in [-0.39, 0.29) is 28.7 Å². The first-order chi connectivity index (χ1) is 19.3. The number of rotatable bonds is 8. The molecule has 0 radical (unpaired) electrons. The van der Waals surface area contributed by atoms with Crippen LogP contribution in [0.15, 0.2) is 85.1 Å². The number of benzene rings is 3. The van der Waals surface area contributed by atoms with Crippen LogP contribution in [-0.2, 0) is 4.79 Å². The number of carbonyl (C=O) groups excluding carboxylic acids is 2. The number of aromatic nitrogens is 1. The largest absolute Gasteiger partial charge is 0.329 e. The number of unbranched alkanes of at least 4 members (excludes halogenated alkanes) is 1. The zero-order chi connectivity index (χ0) is 28.4. The average molecular weight is 577 g/mol. The Kier molecular flexibility index (Phi) is 7.91. The summed E-state index contributed by atoms with van der Waals surface area (Å²) in [6, 6.07) is 22.4. The molecule has 1 aliphatic heterocycles. The van der Waals surface area contributed by atoms with Crippen molar-refractivity contribution < 1.29 is 14.5 Å². The molecule has 1 unspecified atom stereocenters. The van der Waals surface area contributed by atoms with Crippen molar-refractivity contribution in [3.8, 4) is 5.69 Å². The highest BCUT2D eigenvalue weighted by Crippen LogP contribution is 2.42. The van der Waals surface area contributed by atoms with Gasteiger partial charge in [-0.05, 0) is 60.5 Å². The van der Waals surface area contributed by atoms with Crippen molar-refractivity contribution in [1.29, 1.82) is 0 Å². The van der Waals surface area contributed by atoms with Gasteiger partial charge in [-0.2, -0.15) is 0 Å². The fourth-order valence-electron chi connectivity index (χ4n) is 5.03. The molecule has 0 saturated carbocycles.